The van der Waals surface area contributed by atoms with Gasteiger partial charge in [-0.15, -0.1) is 0 Å². The van der Waals surface area contributed by atoms with Gasteiger partial charge in [-0.25, -0.2) is 0 Å². The quantitative estimate of drug-likeness (QED) is 0.506. The molecule has 0 amide bonds. The molecule has 1 N–H and O–H groups in total. The summed E-state index contributed by atoms with van der Waals surface area (Å²) in [6, 6.07) is 0. The van der Waals surface area contributed by atoms with Crippen LogP contribution in [-0.4, -0.2) is 63.3 Å². The number of aliphatic hydroxyl groups excluding tert-OH is 1. The SMILES string of the molecule is CCC[C@H](O[Si](C)(C)C(C)(C)C)[C@@H](OC)[C@H]1O[C@]1(C)[C@H]1O[C@@H]1CO. The monoisotopic (exact) mass is 360 g/mol. The van der Waals surface area contributed by atoms with Crippen molar-refractivity contribution >= 4 is 8.32 Å². The van der Waals surface area contributed by atoms with Gasteiger partial charge in [-0.1, -0.05) is 34.1 Å². The molecule has 5 nitrogen and oxygen atoms in total. The minimum Gasteiger partial charge on any atom is -0.411 e. The molecule has 24 heavy (non-hydrogen) atoms. The number of aliphatic hydroxyl groups is 1. The van der Waals surface area contributed by atoms with Crippen LogP contribution in [0.4, 0.5) is 0 Å². The molecule has 2 aliphatic rings. The van der Waals surface area contributed by atoms with Crippen LogP contribution in [0.5, 0.6) is 0 Å². The summed E-state index contributed by atoms with van der Waals surface area (Å²) < 4.78 is 24.1. The van der Waals surface area contributed by atoms with E-state index >= 15 is 0 Å². The van der Waals surface area contributed by atoms with E-state index in [4.69, 9.17) is 18.6 Å². The number of hydrogen-bond donors (Lipinski definition) is 1. The van der Waals surface area contributed by atoms with Crippen LogP contribution in [-0.2, 0) is 18.6 Å². The van der Waals surface area contributed by atoms with Crippen LogP contribution >= 0.6 is 0 Å². The van der Waals surface area contributed by atoms with Crippen LogP contribution in [0.15, 0.2) is 0 Å². The highest BCUT2D eigenvalue weighted by molar-refractivity contribution is 6.74. The summed E-state index contributed by atoms with van der Waals surface area (Å²) in [6.07, 6.45) is 1.76. The zero-order valence-corrected chi connectivity index (χ0v) is 17.6. The van der Waals surface area contributed by atoms with Gasteiger partial charge in [0.25, 0.3) is 0 Å². The average Bonchev–Trinajstić information content (AvgIpc) is 3.35. The maximum atomic E-state index is 9.25. The van der Waals surface area contributed by atoms with Crippen molar-refractivity contribution in [2.24, 2.45) is 0 Å². The largest absolute Gasteiger partial charge is 0.411 e. The maximum Gasteiger partial charge on any atom is 0.192 e. The molecule has 0 radical (unpaired) electrons. The molecule has 2 aliphatic heterocycles. The highest BCUT2D eigenvalue weighted by Gasteiger charge is 2.70. The predicted molar refractivity (Wildman–Crippen MR) is 96.8 cm³/mol. The van der Waals surface area contributed by atoms with Crippen LogP contribution in [0.2, 0.25) is 18.1 Å². The zero-order valence-electron chi connectivity index (χ0n) is 16.6. The summed E-state index contributed by atoms with van der Waals surface area (Å²) in [4.78, 5) is 0. The molecule has 2 heterocycles. The number of hydrogen-bond acceptors (Lipinski definition) is 5. The van der Waals surface area contributed by atoms with E-state index < -0.39 is 8.32 Å². The third kappa shape index (κ3) is 3.89. The lowest BCUT2D eigenvalue weighted by Crippen LogP contribution is -2.49. The second kappa shape index (κ2) is 6.97. The average molecular weight is 361 g/mol. The maximum absolute atomic E-state index is 9.25. The lowest BCUT2D eigenvalue weighted by Gasteiger charge is -2.41. The van der Waals surface area contributed by atoms with Crippen molar-refractivity contribution in [3.63, 3.8) is 0 Å². The van der Waals surface area contributed by atoms with E-state index in [0.717, 1.165) is 12.8 Å². The Morgan fingerprint density at radius 2 is 1.92 bits per heavy atom. The summed E-state index contributed by atoms with van der Waals surface area (Å²) in [7, 11) is -0.150. The highest BCUT2D eigenvalue weighted by Crippen LogP contribution is 2.52. The molecule has 6 atom stereocenters. The molecule has 2 rings (SSSR count). The first kappa shape index (κ1) is 20.3. The molecule has 2 saturated heterocycles. The lowest BCUT2D eigenvalue weighted by atomic mass is 9.94. The van der Waals surface area contributed by atoms with Crippen molar-refractivity contribution < 1.29 is 23.7 Å². The fourth-order valence-electron chi connectivity index (χ4n) is 3.25. The Kier molecular flexibility index (Phi) is 5.90. The molecule has 6 heteroatoms. The summed E-state index contributed by atoms with van der Waals surface area (Å²) in [5, 5.41) is 9.41. The minimum atomic E-state index is -1.89. The Morgan fingerprint density at radius 3 is 2.33 bits per heavy atom. The van der Waals surface area contributed by atoms with Crippen LogP contribution < -0.4 is 0 Å². The summed E-state index contributed by atoms with van der Waals surface area (Å²) in [6.45, 7) is 15.6. The van der Waals surface area contributed by atoms with Crippen molar-refractivity contribution in [2.75, 3.05) is 13.7 Å². The van der Waals surface area contributed by atoms with Gasteiger partial charge >= 0.3 is 0 Å². The summed E-state index contributed by atoms with van der Waals surface area (Å²) in [5.41, 5.74) is -0.364. The van der Waals surface area contributed by atoms with Crippen molar-refractivity contribution in [3.8, 4) is 0 Å². The minimum absolute atomic E-state index is 0.0269. The fraction of sp³-hybridized carbons (Fsp3) is 1.00. The zero-order chi connectivity index (χ0) is 18.3. The van der Waals surface area contributed by atoms with Gasteiger partial charge in [-0.2, -0.15) is 0 Å². The summed E-state index contributed by atoms with van der Waals surface area (Å²) >= 11 is 0. The molecule has 0 aromatic rings. The van der Waals surface area contributed by atoms with Crippen LogP contribution in [0.25, 0.3) is 0 Å². The number of methoxy groups -OCH3 is 1. The molecule has 0 bridgehead atoms. The molecule has 0 aromatic carbocycles. The van der Waals surface area contributed by atoms with Crippen LogP contribution in [0.3, 0.4) is 0 Å². The second-order valence-corrected chi connectivity index (χ2v) is 13.7. The Balaban J connectivity index is 2.08. The van der Waals surface area contributed by atoms with E-state index in [1.807, 2.05) is 0 Å². The third-order valence-corrected chi connectivity index (χ3v) is 10.5. The predicted octanol–water partition coefficient (Wildman–Crippen LogP) is 3.11. The standard InChI is InChI=1S/C18H36O5Si/c1-9-10-12(23-24(7,8)17(2,3)4)14(20-6)16-18(5,22-16)15-13(11-19)21-15/h12-16,19H,9-11H2,1-8H3/t12-,13+,14+,15-,16+,18+/m0/s1. The van der Waals surface area contributed by atoms with Crippen molar-refractivity contribution in [1.82, 2.24) is 0 Å². The highest BCUT2D eigenvalue weighted by atomic mass is 28.4. The molecule has 0 aliphatic carbocycles. The van der Waals surface area contributed by atoms with E-state index in [-0.39, 0.29) is 47.8 Å². The van der Waals surface area contributed by atoms with Gasteiger partial charge in [-0.3, -0.25) is 0 Å². The second-order valence-electron chi connectivity index (χ2n) is 8.91. The first-order valence-electron chi connectivity index (χ1n) is 9.16. The summed E-state index contributed by atoms with van der Waals surface area (Å²) in [5.74, 6) is 0. The first-order valence-corrected chi connectivity index (χ1v) is 12.1. The Bertz CT molecular complexity index is 436. The van der Waals surface area contributed by atoms with Crippen molar-refractivity contribution in [3.05, 3.63) is 0 Å². The van der Waals surface area contributed by atoms with E-state index in [2.05, 4.69) is 47.7 Å². The smallest absolute Gasteiger partial charge is 0.192 e. The molecule has 0 aromatic heterocycles. The van der Waals surface area contributed by atoms with E-state index in [9.17, 15) is 5.11 Å². The van der Waals surface area contributed by atoms with Gasteiger partial charge in [0.1, 0.15) is 30.0 Å². The van der Waals surface area contributed by atoms with Crippen LogP contribution in [0.1, 0.15) is 47.5 Å². The van der Waals surface area contributed by atoms with Gasteiger partial charge in [0.2, 0.25) is 0 Å². The number of ether oxygens (including phenoxy) is 3. The fourth-order valence-corrected chi connectivity index (χ4v) is 4.61. The lowest BCUT2D eigenvalue weighted by molar-refractivity contribution is -0.0239. The molecule has 0 saturated carbocycles. The van der Waals surface area contributed by atoms with E-state index in [1.54, 1.807) is 7.11 Å². The van der Waals surface area contributed by atoms with Crippen molar-refractivity contribution in [2.45, 2.75) is 102 Å². The third-order valence-electron chi connectivity index (χ3n) is 5.98. The van der Waals surface area contributed by atoms with Gasteiger partial charge in [-0.05, 0) is 31.5 Å². The Labute approximate surface area is 148 Å². The Morgan fingerprint density at radius 1 is 1.29 bits per heavy atom. The first-order chi connectivity index (χ1) is 11.0. The van der Waals surface area contributed by atoms with Crippen molar-refractivity contribution in [1.29, 1.82) is 0 Å². The molecule has 2 fully saturated rings. The van der Waals surface area contributed by atoms with E-state index in [1.165, 1.54) is 0 Å². The normalized spacial score (nSPS) is 35.6. The number of epoxide rings is 2. The molecule has 0 spiro atoms. The molecule has 0 unspecified atom stereocenters. The van der Waals surface area contributed by atoms with Gasteiger partial charge in [0.15, 0.2) is 8.32 Å². The van der Waals surface area contributed by atoms with Gasteiger partial charge in [0.05, 0.1) is 12.7 Å². The number of rotatable bonds is 9. The van der Waals surface area contributed by atoms with Gasteiger partial charge in [0, 0.05) is 7.11 Å². The van der Waals surface area contributed by atoms with Crippen LogP contribution in [0, 0.1) is 0 Å². The van der Waals surface area contributed by atoms with Gasteiger partial charge < -0.3 is 23.7 Å². The molecular weight excluding hydrogens is 324 g/mol. The Hall–Kier alpha value is 0.0169. The van der Waals surface area contributed by atoms with E-state index in [0.29, 0.717) is 0 Å². The topological polar surface area (TPSA) is 63.8 Å². The molecular formula is C18H36O5Si. The molecule has 142 valence electrons.